The van der Waals surface area contributed by atoms with Crippen LogP contribution in [0.2, 0.25) is 0 Å². The zero-order chi connectivity index (χ0) is 24.8. The summed E-state index contributed by atoms with van der Waals surface area (Å²) in [5.41, 5.74) is 0. The standard InChI is InChI=1S/C12H7F15O3/c1-4(28)2-5(29)30-3-6(13,14)7(15,16)8(17,18)9(19,20)10(21,22)11(23,24)12(25,26)27/h2-3H2,1H3. The normalized spacial score (nSPS) is 15.2. The predicted octanol–water partition coefficient (Wildman–Crippen LogP) is 4.88. The van der Waals surface area contributed by atoms with E-state index in [1.165, 1.54) is 0 Å². The van der Waals surface area contributed by atoms with E-state index in [9.17, 15) is 75.4 Å². The third-order valence-electron chi connectivity index (χ3n) is 3.20. The Morgan fingerprint density at radius 3 is 1.27 bits per heavy atom. The molecule has 0 N–H and O–H groups in total. The zero-order valence-electron chi connectivity index (χ0n) is 13.8. The van der Waals surface area contributed by atoms with E-state index in [0.29, 0.717) is 6.92 Å². The van der Waals surface area contributed by atoms with Crippen molar-refractivity contribution in [3.8, 4) is 0 Å². The van der Waals surface area contributed by atoms with Crippen LogP contribution >= 0.6 is 0 Å². The summed E-state index contributed by atoms with van der Waals surface area (Å²) in [6.07, 6.45) is -9.10. The average Bonchev–Trinajstić information content (AvgIpc) is 2.50. The van der Waals surface area contributed by atoms with E-state index in [1.54, 1.807) is 0 Å². The molecule has 178 valence electrons. The smallest absolute Gasteiger partial charge is 0.459 e. The van der Waals surface area contributed by atoms with Crippen LogP contribution in [0.25, 0.3) is 0 Å². The predicted molar refractivity (Wildman–Crippen MR) is 62.0 cm³/mol. The second kappa shape index (κ2) is 7.65. The molecule has 3 nitrogen and oxygen atoms in total. The minimum absolute atomic E-state index is 0.617. The molecule has 0 radical (unpaired) electrons. The van der Waals surface area contributed by atoms with Crippen molar-refractivity contribution >= 4 is 11.8 Å². The summed E-state index contributed by atoms with van der Waals surface area (Å²) < 4.78 is 196. The maximum Gasteiger partial charge on any atom is 0.460 e. The van der Waals surface area contributed by atoms with Gasteiger partial charge in [0.25, 0.3) is 0 Å². The highest BCUT2D eigenvalue weighted by Crippen LogP contribution is 2.62. The van der Waals surface area contributed by atoms with Crippen molar-refractivity contribution in [3.63, 3.8) is 0 Å². The number of ketones is 1. The molecule has 0 aromatic heterocycles. The van der Waals surface area contributed by atoms with E-state index in [2.05, 4.69) is 4.74 Å². The van der Waals surface area contributed by atoms with Crippen LogP contribution in [-0.2, 0) is 14.3 Å². The first kappa shape index (κ1) is 28.1. The van der Waals surface area contributed by atoms with Crippen molar-refractivity contribution in [2.75, 3.05) is 6.61 Å². The third kappa shape index (κ3) is 4.26. The van der Waals surface area contributed by atoms with Crippen LogP contribution < -0.4 is 0 Å². The molecular weight excluding hydrogens is 477 g/mol. The van der Waals surface area contributed by atoms with Gasteiger partial charge in [-0.25, -0.2) is 0 Å². The quantitative estimate of drug-likeness (QED) is 0.266. The van der Waals surface area contributed by atoms with Crippen molar-refractivity contribution in [1.29, 1.82) is 0 Å². The lowest BCUT2D eigenvalue weighted by atomic mass is 9.91. The second-order valence-electron chi connectivity index (χ2n) is 5.61. The summed E-state index contributed by atoms with van der Waals surface area (Å²) in [7, 11) is 0. The minimum Gasteiger partial charge on any atom is -0.459 e. The van der Waals surface area contributed by atoms with Crippen molar-refractivity contribution < 1.29 is 80.2 Å². The van der Waals surface area contributed by atoms with Gasteiger partial charge in [0.05, 0.1) is 0 Å². The molecule has 0 spiro atoms. The SMILES string of the molecule is CC(=O)CC(=O)OCC(F)(F)C(F)(F)C(F)(F)C(F)(F)C(F)(F)C(F)(F)C(F)(F)F. The highest BCUT2D eigenvalue weighted by Gasteiger charge is 2.93. The van der Waals surface area contributed by atoms with Crippen LogP contribution in [0, 0.1) is 0 Å². The fourth-order valence-electron chi connectivity index (χ4n) is 1.52. The number of carbonyl (C=O) groups is 2. The molecule has 0 amide bonds. The van der Waals surface area contributed by atoms with Gasteiger partial charge in [0, 0.05) is 0 Å². The minimum atomic E-state index is -8.41. The van der Waals surface area contributed by atoms with E-state index >= 15 is 0 Å². The maximum atomic E-state index is 13.3. The lowest BCUT2D eigenvalue weighted by Gasteiger charge is -2.41. The molecule has 0 aliphatic carbocycles. The largest absolute Gasteiger partial charge is 0.460 e. The number of hydrogen-bond acceptors (Lipinski definition) is 3. The fraction of sp³-hybridized carbons (Fsp3) is 0.833. The van der Waals surface area contributed by atoms with Crippen molar-refractivity contribution in [2.24, 2.45) is 0 Å². The Hall–Kier alpha value is -1.91. The zero-order valence-corrected chi connectivity index (χ0v) is 13.8. The van der Waals surface area contributed by atoms with E-state index in [4.69, 9.17) is 0 Å². The second-order valence-corrected chi connectivity index (χ2v) is 5.61. The van der Waals surface area contributed by atoms with Gasteiger partial charge in [-0.2, -0.15) is 65.9 Å². The molecule has 0 fully saturated rings. The van der Waals surface area contributed by atoms with Gasteiger partial charge >= 0.3 is 47.7 Å². The molecule has 0 saturated carbocycles. The van der Waals surface area contributed by atoms with Crippen LogP contribution in [0.15, 0.2) is 0 Å². The average molecular weight is 484 g/mol. The molecule has 0 heterocycles. The number of alkyl halides is 15. The highest BCUT2D eigenvalue weighted by molar-refractivity contribution is 5.94. The summed E-state index contributed by atoms with van der Waals surface area (Å²) in [6, 6.07) is 0. The number of carbonyl (C=O) groups excluding carboxylic acids is 2. The lowest BCUT2D eigenvalue weighted by molar-refractivity contribution is -0.453. The Balaban J connectivity index is 6.16. The number of rotatable bonds is 9. The lowest BCUT2D eigenvalue weighted by Crippen LogP contribution is -2.73. The summed E-state index contributed by atoms with van der Waals surface area (Å²) in [4.78, 5) is 21.2. The van der Waals surface area contributed by atoms with Crippen LogP contribution in [0.5, 0.6) is 0 Å². The maximum absolute atomic E-state index is 13.3. The molecule has 0 aromatic rings. The Bertz CT molecular complexity index is 664. The number of ether oxygens (including phenoxy) is 1. The van der Waals surface area contributed by atoms with Gasteiger partial charge in [-0.1, -0.05) is 0 Å². The van der Waals surface area contributed by atoms with Gasteiger partial charge in [-0.3, -0.25) is 9.59 Å². The fourth-order valence-corrected chi connectivity index (χ4v) is 1.52. The Labute approximate surface area is 155 Å². The van der Waals surface area contributed by atoms with E-state index in [-0.39, 0.29) is 0 Å². The Kier molecular flexibility index (Phi) is 7.16. The van der Waals surface area contributed by atoms with Gasteiger partial charge in [0.2, 0.25) is 0 Å². The number of hydrogen-bond donors (Lipinski definition) is 0. The Morgan fingerprint density at radius 1 is 0.600 bits per heavy atom. The number of esters is 1. The summed E-state index contributed by atoms with van der Waals surface area (Å²) >= 11 is 0. The van der Waals surface area contributed by atoms with Crippen molar-refractivity contribution in [1.82, 2.24) is 0 Å². The molecule has 0 aliphatic heterocycles. The number of halogens is 15. The molecule has 0 atom stereocenters. The first-order valence-corrected chi connectivity index (χ1v) is 6.80. The van der Waals surface area contributed by atoms with Gasteiger partial charge in [-0.05, 0) is 6.92 Å². The van der Waals surface area contributed by atoms with E-state index < -0.39 is 66.5 Å². The summed E-state index contributed by atoms with van der Waals surface area (Å²) in [5.74, 6) is -50.8. The molecular formula is C12H7F15O3. The van der Waals surface area contributed by atoms with Crippen LogP contribution in [-0.4, -0.2) is 60.1 Å². The third-order valence-corrected chi connectivity index (χ3v) is 3.20. The molecule has 0 unspecified atom stereocenters. The van der Waals surface area contributed by atoms with Gasteiger partial charge < -0.3 is 4.74 Å². The molecule has 30 heavy (non-hydrogen) atoms. The van der Waals surface area contributed by atoms with Crippen LogP contribution in [0.1, 0.15) is 13.3 Å². The summed E-state index contributed by atoms with van der Waals surface area (Å²) in [6.45, 7) is -2.63. The summed E-state index contributed by atoms with van der Waals surface area (Å²) in [5, 5.41) is 0. The van der Waals surface area contributed by atoms with Gasteiger partial charge in [-0.15, -0.1) is 0 Å². The molecule has 0 aliphatic rings. The molecule has 18 heteroatoms. The van der Waals surface area contributed by atoms with Crippen molar-refractivity contribution in [3.05, 3.63) is 0 Å². The molecule has 0 aromatic carbocycles. The first-order chi connectivity index (χ1) is 12.8. The van der Waals surface area contributed by atoms with E-state index in [1.807, 2.05) is 0 Å². The van der Waals surface area contributed by atoms with Gasteiger partial charge in [0.15, 0.2) is 6.61 Å². The van der Waals surface area contributed by atoms with Crippen molar-refractivity contribution in [2.45, 2.75) is 55.1 Å². The van der Waals surface area contributed by atoms with Crippen LogP contribution in [0.4, 0.5) is 65.9 Å². The molecule has 0 saturated heterocycles. The van der Waals surface area contributed by atoms with E-state index in [0.717, 1.165) is 0 Å². The highest BCUT2D eigenvalue weighted by atomic mass is 19.4. The number of Topliss-reactive ketones (excluding diaryl/α,β-unsaturated/α-hetero) is 1. The Morgan fingerprint density at radius 2 is 0.933 bits per heavy atom. The topological polar surface area (TPSA) is 43.4 Å². The monoisotopic (exact) mass is 484 g/mol. The molecule has 0 bridgehead atoms. The van der Waals surface area contributed by atoms with Crippen LogP contribution in [0.3, 0.4) is 0 Å². The first-order valence-electron chi connectivity index (χ1n) is 6.80. The molecule has 0 rings (SSSR count). The van der Waals surface area contributed by atoms with Gasteiger partial charge in [0.1, 0.15) is 12.2 Å².